The fourth-order valence-electron chi connectivity index (χ4n) is 2.41. The van der Waals surface area contributed by atoms with Gasteiger partial charge >= 0.3 is 5.97 Å². The number of carbonyl (C=O) groups excluding carboxylic acids is 1. The predicted octanol–water partition coefficient (Wildman–Crippen LogP) is 3.86. The SMILES string of the molecule is CCOC(=O)c1cccc(NS(=O)(=O)c2ccc(CC(C)C)cc2)c1. The highest BCUT2D eigenvalue weighted by molar-refractivity contribution is 7.92. The van der Waals surface area contributed by atoms with Crippen molar-refractivity contribution in [1.29, 1.82) is 0 Å². The Hall–Kier alpha value is -2.34. The third kappa shape index (κ3) is 5.32. The van der Waals surface area contributed by atoms with Crippen LogP contribution in [0.2, 0.25) is 0 Å². The van der Waals surface area contributed by atoms with Gasteiger partial charge in [-0.25, -0.2) is 13.2 Å². The van der Waals surface area contributed by atoms with E-state index < -0.39 is 16.0 Å². The predicted molar refractivity (Wildman–Crippen MR) is 98.2 cm³/mol. The van der Waals surface area contributed by atoms with Crippen molar-refractivity contribution in [2.75, 3.05) is 11.3 Å². The average molecular weight is 361 g/mol. The van der Waals surface area contributed by atoms with Crippen LogP contribution < -0.4 is 4.72 Å². The minimum Gasteiger partial charge on any atom is -0.462 e. The molecule has 0 spiro atoms. The first-order valence-corrected chi connectivity index (χ1v) is 9.69. The summed E-state index contributed by atoms with van der Waals surface area (Å²) in [6.07, 6.45) is 0.898. The highest BCUT2D eigenvalue weighted by Crippen LogP contribution is 2.19. The number of anilines is 1. The molecule has 0 saturated heterocycles. The Kier molecular flexibility index (Phi) is 6.20. The van der Waals surface area contributed by atoms with Crippen LogP contribution in [0.25, 0.3) is 0 Å². The van der Waals surface area contributed by atoms with Gasteiger partial charge in [0.2, 0.25) is 0 Å². The summed E-state index contributed by atoms with van der Waals surface area (Å²) in [5.41, 5.74) is 1.71. The van der Waals surface area contributed by atoms with Crippen LogP contribution >= 0.6 is 0 Å². The molecule has 0 saturated carbocycles. The van der Waals surface area contributed by atoms with Gasteiger partial charge in [0, 0.05) is 5.69 Å². The molecule has 0 aliphatic heterocycles. The van der Waals surface area contributed by atoms with Crippen molar-refractivity contribution < 1.29 is 17.9 Å². The number of carbonyl (C=O) groups is 1. The number of rotatable bonds is 7. The van der Waals surface area contributed by atoms with Crippen LogP contribution in [0.15, 0.2) is 53.4 Å². The van der Waals surface area contributed by atoms with Crippen molar-refractivity contribution in [1.82, 2.24) is 0 Å². The zero-order valence-electron chi connectivity index (χ0n) is 14.7. The molecule has 25 heavy (non-hydrogen) atoms. The van der Waals surface area contributed by atoms with Crippen LogP contribution in [0.1, 0.15) is 36.7 Å². The number of sulfonamides is 1. The summed E-state index contributed by atoms with van der Waals surface area (Å²) in [6.45, 7) is 6.20. The van der Waals surface area contributed by atoms with E-state index in [4.69, 9.17) is 4.74 Å². The molecule has 0 aliphatic rings. The summed E-state index contributed by atoms with van der Waals surface area (Å²) >= 11 is 0. The van der Waals surface area contributed by atoms with Gasteiger partial charge in [0.15, 0.2) is 0 Å². The zero-order valence-corrected chi connectivity index (χ0v) is 15.5. The molecular formula is C19H23NO4S. The van der Waals surface area contributed by atoms with E-state index in [0.29, 0.717) is 17.2 Å². The Morgan fingerprint density at radius 3 is 2.40 bits per heavy atom. The Bertz CT molecular complexity index is 827. The standard InChI is InChI=1S/C19H23NO4S/c1-4-24-19(21)16-6-5-7-17(13-16)20-25(22,23)18-10-8-15(9-11-18)12-14(2)3/h5-11,13-14,20H,4,12H2,1-3H3. The van der Waals surface area contributed by atoms with Gasteiger partial charge in [-0.1, -0.05) is 32.0 Å². The second-order valence-electron chi connectivity index (χ2n) is 6.15. The van der Waals surface area contributed by atoms with E-state index in [0.717, 1.165) is 12.0 Å². The molecule has 2 aromatic rings. The maximum absolute atomic E-state index is 12.5. The molecule has 0 amide bonds. The number of nitrogens with one attached hydrogen (secondary N) is 1. The summed E-state index contributed by atoms with van der Waals surface area (Å²) in [5.74, 6) is 0.0211. The first-order chi connectivity index (χ1) is 11.8. The van der Waals surface area contributed by atoms with E-state index in [1.165, 1.54) is 6.07 Å². The molecule has 0 aliphatic carbocycles. The second-order valence-corrected chi connectivity index (χ2v) is 7.83. The summed E-state index contributed by atoms with van der Waals surface area (Å²) in [6, 6.07) is 13.1. The van der Waals surface area contributed by atoms with Crippen molar-refractivity contribution in [3.05, 3.63) is 59.7 Å². The first kappa shape index (κ1) is 19.0. The van der Waals surface area contributed by atoms with Crippen LogP contribution in [0.5, 0.6) is 0 Å². The summed E-state index contributed by atoms with van der Waals surface area (Å²) in [5, 5.41) is 0. The third-order valence-electron chi connectivity index (χ3n) is 3.50. The van der Waals surface area contributed by atoms with E-state index in [1.807, 2.05) is 12.1 Å². The summed E-state index contributed by atoms with van der Waals surface area (Å²) in [4.78, 5) is 11.9. The van der Waals surface area contributed by atoms with Gasteiger partial charge in [-0.2, -0.15) is 0 Å². The van der Waals surface area contributed by atoms with Crippen LogP contribution in [-0.4, -0.2) is 21.0 Å². The molecule has 0 aromatic heterocycles. The lowest BCUT2D eigenvalue weighted by molar-refractivity contribution is 0.0526. The lowest BCUT2D eigenvalue weighted by atomic mass is 10.0. The minimum absolute atomic E-state index is 0.182. The van der Waals surface area contributed by atoms with E-state index >= 15 is 0 Å². The molecule has 0 heterocycles. The lowest BCUT2D eigenvalue weighted by Crippen LogP contribution is -2.14. The zero-order chi connectivity index (χ0) is 18.4. The van der Waals surface area contributed by atoms with Crippen LogP contribution in [-0.2, 0) is 21.2 Å². The lowest BCUT2D eigenvalue weighted by Gasteiger charge is -2.10. The molecule has 5 nitrogen and oxygen atoms in total. The number of hydrogen-bond acceptors (Lipinski definition) is 4. The average Bonchev–Trinajstić information content (AvgIpc) is 2.55. The fourth-order valence-corrected chi connectivity index (χ4v) is 3.46. The van der Waals surface area contributed by atoms with E-state index in [1.54, 1.807) is 37.3 Å². The highest BCUT2D eigenvalue weighted by atomic mass is 32.2. The monoisotopic (exact) mass is 361 g/mol. The largest absolute Gasteiger partial charge is 0.462 e. The van der Waals surface area contributed by atoms with Crippen LogP contribution in [0, 0.1) is 5.92 Å². The molecular weight excluding hydrogens is 338 g/mol. The Balaban J connectivity index is 2.18. The fraction of sp³-hybridized carbons (Fsp3) is 0.316. The minimum atomic E-state index is -3.72. The van der Waals surface area contributed by atoms with E-state index in [9.17, 15) is 13.2 Å². The second kappa shape index (κ2) is 8.16. The molecule has 2 rings (SSSR count). The molecule has 0 unspecified atom stereocenters. The molecule has 0 fully saturated rings. The number of hydrogen-bond donors (Lipinski definition) is 1. The third-order valence-corrected chi connectivity index (χ3v) is 4.90. The van der Waals surface area contributed by atoms with Crippen molar-refractivity contribution in [3.63, 3.8) is 0 Å². The maximum Gasteiger partial charge on any atom is 0.338 e. The van der Waals surface area contributed by atoms with Gasteiger partial charge in [0.1, 0.15) is 0 Å². The van der Waals surface area contributed by atoms with Gasteiger partial charge in [0.25, 0.3) is 10.0 Å². The van der Waals surface area contributed by atoms with Gasteiger partial charge in [0.05, 0.1) is 17.1 Å². The molecule has 1 N–H and O–H groups in total. The highest BCUT2D eigenvalue weighted by Gasteiger charge is 2.15. The molecule has 0 radical (unpaired) electrons. The molecule has 2 aromatic carbocycles. The molecule has 6 heteroatoms. The molecule has 134 valence electrons. The topological polar surface area (TPSA) is 72.5 Å². The maximum atomic E-state index is 12.5. The smallest absolute Gasteiger partial charge is 0.338 e. The van der Waals surface area contributed by atoms with Gasteiger partial charge < -0.3 is 4.74 Å². The number of esters is 1. The van der Waals surface area contributed by atoms with E-state index in [2.05, 4.69) is 18.6 Å². The first-order valence-electron chi connectivity index (χ1n) is 8.20. The van der Waals surface area contributed by atoms with Crippen molar-refractivity contribution in [2.24, 2.45) is 5.92 Å². The van der Waals surface area contributed by atoms with Crippen LogP contribution in [0.4, 0.5) is 5.69 Å². The van der Waals surface area contributed by atoms with Gasteiger partial charge in [-0.05, 0) is 55.2 Å². The van der Waals surface area contributed by atoms with Crippen LogP contribution in [0.3, 0.4) is 0 Å². The quantitative estimate of drug-likeness (QED) is 0.760. The summed E-state index contributed by atoms with van der Waals surface area (Å²) in [7, 11) is -3.72. The van der Waals surface area contributed by atoms with Crippen molar-refractivity contribution in [3.8, 4) is 0 Å². The molecule has 0 bridgehead atoms. The number of benzene rings is 2. The Morgan fingerprint density at radius 2 is 1.80 bits per heavy atom. The Labute approximate surface area is 149 Å². The number of ether oxygens (including phenoxy) is 1. The van der Waals surface area contributed by atoms with Crippen molar-refractivity contribution >= 4 is 21.7 Å². The summed E-state index contributed by atoms with van der Waals surface area (Å²) < 4.78 is 32.5. The van der Waals surface area contributed by atoms with Gasteiger partial charge in [-0.3, -0.25) is 4.72 Å². The van der Waals surface area contributed by atoms with Crippen molar-refractivity contribution in [2.45, 2.75) is 32.1 Å². The Morgan fingerprint density at radius 1 is 1.12 bits per heavy atom. The molecule has 0 atom stereocenters. The van der Waals surface area contributed by atoms with Gasteiger partial charge in [-0.15, -0.1) is 0 Å². The normalized spacial score (nSPS) is 11.4. The van der Waals surface area contributed by atoms with E-state index in [-0.39, 0.29) is 11.5 Å².